The van der Waals surface area contributed by atoms with Crippen LogP contribution in [0.5, 0.6) is 0 Å². The van der Waals surface area contributed by atoms with E-state index in [1.165, 1.54) is 17.8 Å². The number of amides is 1. The number of carbonyl (C=O) groups excluding carboxylic acids is 1. The smallest absolute Gasteiger partial charge is 0.252 e. The summed E-state index contributed by atoms with van der Waals surface area (Å²) < 4.78 is 0. The van der Waals surface area contributed by atoms with Gasteiger partial charge in [0.15, 0.2) is 5.16 Å². The van der Waals surface area contributed by atoms with E-state index < -0.39 is 0 Å². The van der Waals surface area contributed by atoms with Crippen LogP contribution in [0, 0.1) is 13.8 Å². The van der Waals surface area contributed by atoms with Gasteiger partial charge in [-0.05, 0) is 31.9 Å². The zero-order valence-electron chi connectivity index (χ0n) is 16.2. The van der Waals surface area contributed by atoms with E-state index in [9.17, 15) is 9.59 Å². The Hall–Kier alpha value is -2.86. The minimum absolute atomic E-state index is 0.104. The van der Waals surface area contributed by atoms with Crippen LogP contribution >= 0.6 is 11.8 Å². The molecule has 1 heterocycles. The molecule has 0 fully saturated rings. The zero-order valence-corrected chi connectivity index (χ0v) is 17.0. The Morgan fingerprint density at radius 2 is 1.89 bits per heavy atom. The molecule has 0 aliphatic carbocycles. The van der Waals surface area contributed by atoms with Gasteiger partial charge >= 0.3 is 0 Å². The lowest BCUT2D eigenvalue weighted by Crippen LogP contribution is -2.25. The first-order chi connectivity index (χ1) is 13.5. The van der Waals surface area contributed by atoms with Crippen LogP contribution in [0.15, 0.2) is 64.5 Å². The molecule has 6 heteroatoms. The van der Waals surface area contributed by atoms with Crippen molar-refractivity contribution in [1.82, 2.24) is 9.97 Å². The lowest BCUT2D eigenvalue weighted by atomic mass is 10.1. The van der Waals surface area contributed by atoms with Crippen LogP contribution in [0.25, 0.3) is 11.3 Å². The average Bonchev–Trinajstić information content (AvgIpc) is 2.68. The minimum atomic E-state index is -0.366. The third-order valence-corrected chi connectivity index (χ3v) is 5.59. The van der Waals surface area contributed by atoms with Crippen LogP contribution in [0.3, 0.4) is 0 Å². The number of benzene rings is 2. The molecule has 0 spiro atoms. The van der Waals surface area contributed by atoms with E-state index in [0.717, 1.165) is 22.4 Å². The van der Waals surface area contributed by atoms with Crippen LogP contribution in [-0.4, -0.2) is 21.1 Å². The van der Waals surface area contributed by atoms with E-state index in [4.69, 9.17) is 0 Å². The van der Waals surface area contributed by atoms with Gasteiger partial charge in [-0.1, -0.05) is 66.7 Å². The van der Waals surface area contributed by atoms with Crippen molar-refractivity contribution >= 4 is 23.4 Å². The molecule has 0 aliphatic rings. The van der Waals surface area contributed by atoms with Gasteiger partial charge in [-0.2, -0.15) is 0 Å². The molecule has 0 saturated heterocycles. The molecule has 28 heavy (non-hydrogen) atoms. The molecule has 144 valence electrons. The number of aromatic nitrogens is 2. The van der Waals surface area contributed by atoms with Crippen LogP contribution < -0.4 is 10.9 Å². The Balaban J connectivity index is 1.79. The topological polar surface area (TPSA) is 74.8 Å². The number of hydrogen-bond acceptors (Lipinski definition) is 4. The molecule has 1 amide bonds. The molecule has 5 nitrogen and oxygen atoms in total. The molecule has 1 aromatic heterocycles. The molecular weight excluding hydrogens is 370 g/mol. The number of aryl methyl sites for hydroxylation is 2. The molecule has 1 atom stereocenters. The highest BCUT2D eigenvalue weighted by Gasteiger charge is 2.20. The van der Waals surface area contributed by atoms with Crippen molar-refractivity contribution in [2.75, 3.05) is 5.32 Å². The second-order valence-corrected chi connectivity index (χ2v) is 7.82. The summed E-state index contributed by atoms with van der Waals surface area (Å²) in [4.78, 5) is 32.1. The van der Waals surface area contributed by atoms with E-state index in [0.29, 0.717) is 17.3 Å². The normalized spacial score (nSPS) is 11.8. The largest absolute Gasteiger partial charge is 0.325 e. The first-order valence-electron chi connectivity index (χ1n) is 9.18. The van der Waals surface area contributed by atoms with Gasteiger partial charge in [0.2, 0.25) is 5.91 Å². The summed E-state index contributed by atoms with van der Waals surface area (Å²) in [6.07, 6.45) is 0.612. The van der Waals surface area contributed by atoms with Gasteiger partial charge in [-0.15, -0.1) is 0 Å². The third-order valence-electron chi connectivity index (χ3n) is 4.35. The predicted molar refractivity (Wildman–Crippen MR) is 115 cm³/mol. The molecule has 3 aromatic rings. The molecule has 2 N–H and O–H groups in total. The first-order valence-corrected chi connectivity index (χ1v) is 10.1. The van der Waals surface area contributed by atoms with Gasteiger partial charge in [0.1, 0.15) is 0 Å². The number of anilines is 1. The SMILES string of the molecule is CCC(Sc1nc(-c2ccccc2)cc(=O)[nH]1)C(=O)Nc1ccc(C)cc1C. The molecular formula is C22H23N3O2S. The highest BCUT2D eigenvalue weighted by molar-refractivity contribution is 8.00. The van der Waals surface area contributed by atoms with Crippen LogP contribution in [-0.2, 0) is 4.79 Å². The average molecular weight is 394 g/mol. The van der Waals surface area contributed by atoms with Crippen molar-refractivity contribution < 1.29 is 4.79 Å². The molecule has 0 saturated carbocycles. The van der Waals surface area contributed by atoms with Crippen molar-refractivity contribution in [3.8, 4) is 11.3 Å². The second-order valence-electron chi connectivity index (χ2n) is 6.62. The van der Waals surface area contributed by atoms with Gasteiger partial charge in [-0.25, -0.2) is 4.98 Å². The highest BCUT2D eigenvalue weighted by atomic mass is 32.2. The third kappa shape index (κ3) is 4.89. The quantitative estimate of drug-likeness (QED) is 0.475. The summed E-state index contributed by atoms with van der Waals surface area (Å²) in [5, 5.41) is 3.06. The molecule has 2 aromatic carbocycles. The molecule has 1 unspecified atom stereocenters. The van der Waals surface area contributed by atoms with Gasteiger partial charge in [-0.3, -0.25) is 9.59 Å². The van der Waals surface area contributed by atoms with Crippen molar-refractivity contribution in [3.05, 3.63) is 76.1 Å². The number of rotatable bonds is 6. The lowest BCUT2D eigenvalue weighted by Gasteiger charge is -2.16. The molecule has 0 bridgehead atoms. The first kappa shape index (κ1) is 19.9. The number of carbonyl (C=O) groups is 1. The van der Waals surface area contributed by atoms with Gasteiger partial charge in [0, 0.05) is 17.3 Å². The fraction of sp³-hybridized carbons (Fsp3) is 0.227. The summed E-state index contributed by atoms with van der Waals surface area (Å²) in [5.41, 5.74) is 4.19. The Morgan fingerprint density at radius 3 is 2.57 bits per heavy atom. The van der Waals surface area contributed by atoms with Crippen molar-refractivity contribution in [1.29, 1.82) is 0 Å². The summed E-state index contributed by atoms with van der Waals surface area (Å²) in [6.45, 7) is 5.93. The summed E-state index contributed by atoms with van der Waals surface area (Å²) >= 11 is 1.27. The number of H-pyrrole nitrogens is 1. The Kier molecular flexibility index (Phi) is 6.31. The van der Waals surface area contributed by atoms with Crippen molar-refractivity contribution in [3.63, 3.8) is 0 Å². The Bertz CT molecular complexity index is 1030. The fourth-order valence-corrected chi connectivity index (χ4v) is 3.78. The van der Waals surface area contributed by atoms with Gasteiger partial charge in [0.25, 0.3) is 5.56 Å². The molecule has 0 radical (unpaired) electrons. The van der Waals surface area contributed by atoms with Crippen LogP contribution in [0.4, 0.5) is 5.69 Å². The highest BCUT2D eigenvalue weighted by Crippen LogP contribution is 2.26. The fourth-order valence-electron chi connectivity index (χ4n) is 2.87. The van der Waals surface area contributed by atoms with Crippen molar-refractivity contribution in [2.24, 2.45) is 0 Å². The van der Waals surface area contributed by atoms with E-state index >= 15 is 0 Å². The maximum atomic E-state index is 12.8. The van der Waals surface area contributed by atoms with E-state index in [1.807, 2.05) is 69.3 Å². The summed E-state index contributed by atoms with van der Waals surface area (Å²) in [7, 11) is 0. The maximum Gasteiger partial charge on any atom is 0.252 e. The van der Waals surface area contributed by atoms with Gasteiger partial charge < -0.3 is 10.3 Å². The predicted octanol–water partition coefficient (Wildman–Crippen LogP) is 4.56. The number of aromatic amines is 1. The van der Waals surface area contributed by atoms with E-state index in [2.05, 4.69) is 15.3 Å². The lowest BCUT2D eigenvalue weighted by molar-refractivity contribution is -0.115. The van der Waals surface area contributed by atoms with Crippen LogP contribution in [0.1, 0.15) is 24.5 Å². The Labute approximate surface area is 168 Å². The number of hydrogen-bond donors (Lipinski definition) is 2. The minimum Gasteiger partial charge on any atom is -0.325 e. The number of thioether (sulfide) groups is 1. The number of nitrogens with one attached hydrogen (secondary N) is 2. The summed E-state index contributed by atoms with van der Waals surface area (Å²) in [6, 6.07) is 16.9. The monoisotopic (exact) mass is 393 g/mol. The van der Waals surface area contributed by atoms with Crippen LogP contribution in [0.2, 0.25) is 0 Å². The summed E-state index contributed by atoms with van der Waals surface area (Å²) in [5.74, 6) is -0.104. The molecule has 0 aliphatic heterocycles. The standard InChI is InChI=1S/C22H23N3O2S/c1-4-19(21(27)23-17-11-10-14(2)12-15(17)3)28-22-24-18(13-20(26)25-22)16-8-6-5-7-9-16/h5-13,19H,4H2,1-3H3,(H,23,27)(H,24,25,26). The maximum absolute atomic E-state index is 12.8. The second kappa shape index (κ2) is 8.89. The molecule has 3 rings (SSSR count). The van der Waals surface area contributed by atoms with Crippen molar-refractivity contribution in [2.45, 2.75) is 37.6 Å². The van der Waals surface area contributed by atoms with E-state index in [1.54, 1.807) is 0 Å². The Morgan fingerprint density at radius 1 is 1.14 bits per heavy atom. The zero-order chi connectivity index (χ0) is 20.1. The number of nitrogens with zero attached hydrogens (tertiary/aromatic N) is 1. The van der Waals surface area contributed by atoms with Gasteiger partial charge in [0.05, 0.1) is 10.9 Å². The van der Waals surface area contributed by atoms with E-state index in [-0.39, 0.29) is 16.7 Å².